The van der Waals surface area contributed by atoms with Crippen molar-refractivity contribution in [2.24, 2.45) is 0 Å². The number of rotatable bonds is 7. The molecule has 0 saturated heterocycles. The third-order valence-corrected chi connectivity index (χ3v) is 1.82. The molecule has 1 aromatic rings. The third-order valence-electron chi connectivity index (χ3n) is 1.82. The van der Waals surface area contributed by atoms with Crippen LogP contribution in [0.5, 0.6) is 0 Å². The normalized spacial score (nSPS) is 10.2. The zero-order valence-electron chi connectivity index (χ0n) is 8.95. The van der Waals surface area contributed by atoms with E-state index in [9.17, 15) is 4.79 Å². The molecule has 1 aromatic heterocycles. The van der Waals surface area contributed by atoms with Gasteiger partial charge in [0.1, 0.15) is 12.4 Å². The maximum absolute atomic E-state index is 11.2. The number of hydrogen-bond acceptors (Lipinski definition) is 3. The summed E-state index contributed by atoms with van der Waals surface area (Å²) in [6.45, 7) is 3.37. The van der Waals surface area contributed by atoms with E-state index in [1.807, 2.05) is 6.92 Å². The van der Waals surface area contributed by atoms with Crippen LogP contribution in [-0.4, -0.2) is 35.6 Å². The molecule has 15 heavy (non-hydrogen) atoms. The summed E-state index contributed by atoms with van der Waals surface area (Å²) in [7, 11) is 0. The molecule has 0 aromatic carbocycles. The van der Waals surface area contributed by atoms with Gasteiger partial charge in [0.15, 0.2) is 0 Å². The van der Waals surface area contributed by atoms with Gasteiger partial charge in [-0.3, -0.25) is 4.79 Å². The smallest absolute Gasteiger partial charge is 0.246 e. The summed E-state index contributed by atoms with van der Waals surface area (Å²) in [6, 6.07) is 0. The molecule has 5 heteroatoms. The lowest BCUT2D eigenvalue weighted by atomic mass is 10.4. The molecule has 1 rings (SSSR count). The summed E-state index contributed by atoms with van der Waals surface area (Å²) in [5.74, 6) is 0.805. The summed E-state index contributed by atoms with van der Waals surface area (Å²) in [4.78, 5) is 18.2. The van der Waals surface area contributed by atoms with Gasteiger partial charge in [-0.1, -0.05) is 6.92 Å². The standard InChI is InChI=1S/C10H17N3O2/c1-2-7-15-8-10(14)13-4-3-9-11-5-6-12-9/h5-6H,2-4,7-8H2,1H3,(H,11,12)(H,13,14). The van der Waals surface area contributed by atoms with Crippen molar-refractivity contribution < 1.29 is 9.53 Å². The molecule has 0 saturated carbocycles. The highest BCUT2D eigenvalue weighted by atomic mass is 16.5. The van der Waals surface area contributed by atoms with E-state index in [0.29, 0.717) is 19.6 Å². The Kier molecular flexibility index (Phi) is 5.47. The van der Waals surface area contributed by atoms with E-state index in [2.05, 4.69) is 15.3 Å². The van der Waals surface area contributed by atoms with Crippen molar-refractivity contribution in [1.82, 2.24) is 15.3 Å². The van der Waals surface area contributed by atoms with E-state index in [-0.39, 0.29) is 12.5 Å². The monoisotopic (exact) mass is 211 g/mol. The predicted molar refractivity (Wildman–Crippen MR) is 56.4 cm³/mol. The van der Waals surface area contributed by atoms with Crippen LogP contribution in [0.3, 0.4) is 0 Å². The van der Waals surface area contributed by atoms with E-state index < -0.39 is 0 Å². The van der Waals surface area contributed by atoms with Crippen molar-refractivity contribution in [3.63, 3.8) is 0 Å². The summed E-state index contributed by atoms with van der Waals surface area (Å²) in [5, 5.41) is 2.76. The minimum absolute atomic E-state index is 0.0741. The molecule has 0 aliphatic carbocycles. The van der Waals surface area contributed by atoms with Crippen LogP contribution in [0, 0.1) is 0 Å². The average molecular weight is 211 g/mol. The molecule has 0 fully saturated rings. The van der Waals surface area contributed by atoms with Crippen LogP contribution in [0.2, 0.25) is 0 Å². The van der Waals surface area contributed by atoms with Crippen LogP contribution in [-0.2, 0) is 16.0 Å². The molecular weight excluding hydrogens is 194 g/mol. The number of nitrogens with one attached hydrogen (secondary N) is 2. The number of imidazole rings is 1. The molecule has 0 unspecified atom stereocenters. The molecule has 0 spiro atoms. The van der Waals surface area contributed by atoms with Crippen molar-refractivity contribution in [3.8, 4) is 0 Å². The fraction of sp³-hybridized carbons (Fsp3) is 0.600. The molecule has 0 bridgehead atoms. The highest BCUT2D eigenvalue weighted by Gasteiger charge is 2.00. The van der Waals surface area contributed by atoms with Gasteiger partial charge in [-0.2, -0.15) is 0 Å². The van der Waals surface area contributed by atoms with Crippen LogP contribution in [0.4, 0.5) is 0 Å². The van der Waals surface area contributed by atoms with Gasteiger partial charge in [0, 0.05) is 32.0 Å². The van der Waals surface area contributed by atoms with Gasteiger partial charge >= 0.3 is 0 Å². The first-order valence-corrected chi connectivity index (χ1v) is 5.15. The van der Waals surface area contributed by atoms with Gasteiger partial charge in [-0.25, -0.2) is 4.98 Å². The number of amides is 1. The Morgan fingerprint density at radius 3 is 3.20 bits per heavy atom. The van der Waals surface area contributed by atoms with Gasteiger partial charge in [-0.05, 0) is 6.42 Å². The van der Waals surface area contributed by atoms with E-state index in [1.54, 1.807) is 12.4 Å². The molecule has 0 aliphatic heterocycles. The summed E-state index contributed by atoms with van der Waals surface area (Å²) in [6.07, 6.45) is 5.11. The second-order valence-corrected chi connectivity index (χ2v) is 3.19. The fourth-order valence-corrected chi connectivity index (χ4v) is 1.12. The number of aromatic nitrogens is 2. The Bertz CT molecular complexity index is 272. The maximum atomic E-state index is 11.2. The first kappa shape index (κ1) is 11.7. The molecule has 84 valence electrons. The molecule has 1 heterocycles. The first-order chi connectivity index (χ1) is 7.33. The zero-order valence-corrected chi connectivity index (χ0v) is 8.95. The molecular formula is C10H17N3O2. The summed E-state index contributed by atoms with van der Waals surface area (Å²) >= 11 is 0. The van der Waals surface area contributed by atoms with Gasteiger partial charge < -0.3 is 15.0 Å². The zero-order chi connectivity index (χ0) is 10.9. The van der Waals surface area contributed by atoms with Crippen molar-refractivity contribution in [2.75, 3.05) is 19.8 Å². The lowest BCUT2D eigenvalue weighted by molar-refractivity contribution is -0.125. The Labute approximate surface area is 89.2 Å². The number of nitrogens with zero attached hydrogens (tertiary/aromatic N) is 1. The van der Waals surface area contributed by atoms with Crippen molar-refractivity contribution >= 4 is 5.91 Å². The Morgan fingerprint density at radius 1 is 1.67 bits per heavy atom. The third kappa shape index (κ3) is 5.17. The highest BCUT2D eigenvalue weighted by molar-refractivity contribution is 5.77. The molecule has 0 atom stereocenters. The summed E-state index contributed by atoms with van der Waals surface area (Å²) < 4.78 is 5.10. The first-order valence-electron chi connectivity index (χ1n) is 5.15. The molecule has 5 nitrogen and oxygen atoms in total. The second kappa shape index (κ2) is 7.00. The number of aromatic amines is 1. The topological polar surface area (TPSA) is 67.0 Å². The minimum Gasteiger partial charge on any atom is -0.372 e. The SMILES string of the molecule is CCCOCC(=O)NCCc1ncc[nH]1. The number of carbonyl (C=O) groups excluding carboxylic acids is 1. The predicted octanol–water partition coefficient (Wildman–Crippen LogP) is 0.495. The van der Waals surface area contributed by atoms with E-state index in [1.165, 1.54) is 0 Å². The minimum atomic E-state index is -0.0741. The van der Waals surface area contributed by atoms with Crippen LogP contribution >= 0.6 is 0 Å². The van der Waals surface area contributed by atoms with Crippen LogP contribution in [0.15, 0.2) is 12.4 Å². The lowest BCUT2D eigenvalue weighted by Gasteiger charge is -2.04. The molecule has 0 aliphatic rings. The Morgan fingerprint density at radius 2 is 2.53 bits per heavy atom. The largest absolute Gasteiger partial charge is 0.372 e. The fourth-order valence-electron chi connectivity index (χ4n) is 1.12. The number of carbonyl (C=O) groups is 1. The number of ether oxygens (including phenoxy) is 1. The van der Waals surface area contributed by atoms with E-state index >= 15 is 0 Å². The van der Waals surface area contributed by atoms with E-state index in [4.69, 9.17) is 4.74 Å². The number of hydrogen-bond donors (Lipinski definition) is 2. The highest BCUT2D eigenvalue weighted by Crippen LogP contribution is 1.88. The molecule has 0 radical (unpaired) electrons. The van der Waals surface area contributed by atoms with Crippen LogP contribution in [0.25, 0.3) is 0 Å². The van der Waals surface area contributed by atoms with Gasteiger partial charge in [0.25, 0.3) is 0 Å². The molecule has 1 amide bonds. The van der Waals surface area contributed by atoms with Crippen LogP contribution < -0.4 is 5.32 Å². The van der Waals surface area contributed by atoms with Gasteiger partial charge in [-0.15, -0.1) is 0 Å². The average Bonchev–Trinajstić information content (AvgIpc) is 2.71. The Balaban J connectivity index is 2.02. The number of H-pyrrole nitrogens is 1. The quantitative estimate of drug-likeness (QED) is 0.645. The molecule has 2 N–H and O–H groups in total. The van der Waals surface area contributed by atoms with Crippen molar-refractivity contribution in [1.29, 1.82) is 0 Å². The van der Waals surface area contributed by atoms with Gasteiger partial charge in [0.05, 0.1) is 0 Å². The maximum Gasteiger partial charge on any atom is 0.246 e. The second-order valence-electron chi connectivity index (χ2n) is 3.19. The van der Waals surface area contributed by atoms with E-state index in [0.717, 1.165) is 12.2 Å². The summed E-state index contributed by atoms with van der Waals surface area (Å²) in [5.41, 5.74) is 0. The van der Waals surface area contributed by atoms with Gasteiger partial charge in [0.2, 0.25) is 5.91 Å². The Hall–Kier alpha value is -1.36. The van der Waals surface area contributed by atoms with Crippen LogP contribution in [0.1, 0.15) is 19.2 Å². The van der Waals surface area contributed by atoms with Crippen molar-refractivity contribution in [3.05, 3.63) is 18.2 Å². The lowest BCUT2D eigenvalue weighted by Crippen LogP contribution is -2.29. The van der Waals surface area contributed by atoms with Crippen molar-refractivity contribution in [2.45, 2.75) is 19.8 Å².